The molecule has 4 N–H and O–H groups in total. The predicted molar refractivity (Wildman–Crippen MR) is 78.2 cm³/mol. The number of carbonyl (C=O) groups is 1. The van der Waals surface area contributed by atoms with Gasteiger partial charge in [0.25, 0.3) is 5.91 Å². The highest BCUT2D eigenvalue weighted by atomic mass is 16.3. The molecule has 0 saturated heterocycles. The molecule has 0 aliphatic heterocycles. The van der Waals surface area contributed by atoms with Crippen LogP contribution >= 0.6 is 0 Å². The summed E-state index contributed by atoms with van der Waals surface area (Å²) in [4.78, 5) is 12.1. The number of para-hydroxylation sites is 1. The maximum absolute atomic E-state index is 12.1. The highest BCUT2D eigenvalue weighted by Gasteiger charge is 2.16. The zero-order chi connectivity index (χ0) is 14.3. The van der Waals surface area contributed by atoms with Crippen LogP contribution in [0, 0.1) is 0 Å². The highest BCUT2D eigenvalue weighted by Crippen LogP contribution is 2.24. The van der Waals surface area contributed by atoms with Gasteiger partial charge in [-0.3, -0.25) is 4.79 Å². The van der Waals surface area contributed by atoms with E-state index in [1.54, 1.807) is 18.2 Å². The molecule has 0 aromatic heterocycles. The van der Waals surface area contributed by atoms with Gasteiger partial charge >= 0.3 is 0 Å². The van der Waals surface area contributed by atoms with Crippen molar-refractivity contribution < 1.29 is 9.90 Å². The van der Waals surface area contributed by atoms with Crippen molar-refractivity contribution in [3.05, 3.63) is 23.8 Å². The second-order valence-corrected chi connectivity index (χ2v) is 4.84. The lowest BCUT2D eigenvalue weighted by Crippen LogP contribution is -2.34. The van der Waals surface area contributed by atoms with Crippen molar-refractivity contribution in [1.82, 2.24) is 5.32 Å². The van der Waals surface area contributed by atoms with Crippen molar-refractivity contribution in [1.29, 1.82) is 0 Å². The fraction of sp³-hybridized carbons (Fsp3) is 0.533. The number of hydrogen-bond donors (Lipinski definition) is 3. The molecule has 0 bridgehead atoms. The summed E-state index contributed by atoms with van der Waals surface area (Å²) in [6.07, 6.45) is 5.15. The number of rotatable bonds is 7. The van der Waals surface area contributed by atoms with E-state index in [1.165, 1.54) is 0 Å². The Balaban J connectivity index is 2.72. The molecule has 1 aromatic carbocycles. The number of carbonyl (C=O) groups excluding carboxylic acids is 1. The number of nitrogens with two attached hydrogens (primary N) is 1. The molecule has 4 heteroatoms. The Morgan fingerprint density at radius 2 is 2.05 bits per heavy atom. The van der Waals surface area contributed by atoms with Gasteiger partial charge in [0.05, 0.1) is 11.3 Å². The van der Waals surface area contributed by atoms with Gasteiger partial charge in [0.2, 0.25) is 0 Å². The molecule has 0 saturated carbocycles. The fourth-order valence-electron chi connectivity index (χ4n) is 2.10. The first-order valence-electron chi connectivity index (χ1n) is 6.98. The molecule has 4 nitrogen and oxygen atoms in total. The summed E-state index contributed by atoms with van der Waals surface area (Å²) in [6.45, 7) is 4.23. The molecule has 0 aliphatic rings. The molecule has 1 aromatic rings. The van der Waals surface area contributed by atoms with Gasteiger partial charge in [0.1, 0.15) is 0 Å². The van der Waals surface area contributed by atoms with E-state index in [9.17, 15) is 9.90 Å². The van der Waals surface area contributed by atoms with E-state index in [1.807, 2.05) is 0 Å². The van der Waals surface area contributed by atoms with E-state index in [4.69, 9.17) is 5.73 Å². The molecule has 0 spiro atoms. The number of phenols is 1. The van der Waals surface area contributed by atoms with E-state index < -0.39 is 0 Å². The predicted octanol–water partition coefficient (Wildman–Crippen LogP) is 3.06. The minimum Gasteiger partial charge on any atom is -0.505 e. The molecule has 19 heavy (non-hydrogen) atoms. The largest absolute Gasteiger partial charge is 0.505 e. The van der Waals surface area contributed by atoms with Crippen LogP contribution in [0.15, 0.2) is 18.2 Å². The van der Waals surface area contributed by atoms with Gasteiger partial charge in [-0.2, -0.15) is 0 Å². The van der Waals surface area contributed by atoms with Gasteiger partial charge in [-0.05, 0) is 25.0 Å². The molecule has 106 valence electrons. The summed E-state index contributed by atoms with van der Waals surface area (Å²) in [6, 6.07) is 5.00. The molecule has 0 fully saturated rings. The van der Waals surface area contributed by atoms with Crippen molar-refractivity contribution in [2.45, 2.75) is 52.0 Å². The van der Waals surface area contributed by atoms with Crippen LogP contribution < -0.4 is 11.1 Å². The van der Waals surface area contributed by atoms with Crippen LogP contribution in [0.3, 0.4) is 0 Å². The molecule has 1 amide bonds. The number of aromatic hydroxyl groups is 1. The minimum absolute atomic E-state index is 0.134. The molecule has 0 aliphatic carbocycles. The second kappa shape index (κ2) is 7.67. The van der Waals surface area contributed by atoms with Crippen LogP contribution in [-0.2, 0) is 0 Å². The zero-order valence-corrected chi connectivity index (χ0v) is 11.8. The van der Waals surface area contributed by atoms with E-state index in [-0.39, 0.29) is 28.9 Å². The Morgan fingerprint density at radius 1 is 1.32 bits per heavy atom. The van der Waals surface area contributed by atoms with Crippen molar-refractivity contribution in [2.75, 3.05) is 5.73 Å². The summed E-state index contributed by atoms with van der Waals surface area (Å²) >= 11 is 0. The quantitative estimate of drug-likeness (QED) is 0.523. The number of hydrogen-bond acceptors (Lipinski definition) is 3. The Labute approximate surface area is 115 Å². The first-order valence-corrected chi connectivity index (χ1v) is 6.98. The van der Waals surface area contributed by atoms with Crippen molar-refractivity contribution in [2.24, 2.45) is 0 Å². The van der Waals surface area contributed by atoms with Gasteiger partial charge < -0.3 is 16.2 Å². The number of nitrogen functional groups attached to an aromatic ring is 1. The van der Waals surface area contributed by atoms with E-state index in [2.05, 4.69) is 19.2 Å². The second-order valence-electron chi connectivity index (χ2n) is 4.84. The Kier molecular flexibility index (Phi) is 6.19. The molecular formula is C15H24N2O2. The number of benzene rings is 1. The van der Waals surface area contributed by atoms with Crippen molar-refractivity contribution in [3.8, 4) is 5.75 Å². The van der Waals surface area contributed by atoms with Crippen LogP contribution in [-0.4, -0.2) is 17.1 Å². The van der Waals surface area contributed by atoms with Crippen LogP contribution in [0.1, 0.15) is 56.3 Å². The maximum Gasteiger partial charge on any atom is 0.255 e. The molecule has 0 radical (unpaired) electrons. The standard InChI is InChI=1S/C15H24N2O2/c1-3-5-8-11(7-4-2)17-15(19)12-9-6-10-13(16)14(12)18/h6,9-11,18H,3-5,7-8,16H2,1-2H3,(H,17,19). The third-order valence-corrected chi connectivity index (χ3v) is 3.19. The first kappa shape index (κ1) is 15.3. The molecule has 0 heterocycles. The highest BCUT2D eigenvalue weighted by molar-refractivity contribution is 5.98. The minimum atomic E-state index is -0.251. The third-order valence-electron chi connectivity index (χ3n) is 3.19. The topological polar surface area (TPSA) is 75.4 Å². The Hall–Kier alpha value is -1.71. The summed E-state index contributed by atoms with van der Waals surface area (Å²) in [7, 11) is 0. The Morgan fingerprint density at radius 3 is 2.68 bits per heavy atom. The normalized spacial score (nSPS) is 12.1. The lowest BCUT2D eigenvalue weighted by Gasteiger charge is -2.18. The zero-order valence-electron chi connectivity index (χ0n) is 11.8. The smallest absolute Gasteiger partial charge is 0.255 e. The summed E-state index contributed by atoms with van der Waals surface area (Å²) < 4.78 is 0. The third kappa shape index (κ3) is 4.47. The van der Waals surface area contributed by atoms with Crippen LogP contribution in [0.4, 0.5) is 5.69 Å². The monoisotopic (exact) mass is 264 g/mol. The molecule has 1 rings (SSSR count). The van der Waals surface area contributed by atoms with Crippen molar-refractivity contribution in [3.63, 3.8) is 0 Å². The van der Waals surface area contributed by atoms with Crippen LogP contribution in [0.5, 0.6) is 5.75 Å². The van der Waals surface area contributed by atoms with Crippen LogP contribution in [0.2, 0.25) is 0 Å². The SMILES string of the molecule is CCCCC(CCC)NC(=O)c1cccc(N)c1O. The van der Waals surface area contributed by atoms with Gasteiger partial charge in [0, 0.05) is 6.04 Å². The van der Waals surface area contributed by atoms with Gasteiger partial charge in [-0.1, -0.05) is 39.2 Å². The van der Waals surface area contributed by atoms with Crippen molar-refractivity contribution >= 4 is 11.6 Å². The molecule has 1 unspecified atom stereocenters. The van der Waals surface area contributed by atoms with Gasteiger partial charge in [-0.25, -0.2) is 0 Å². The molecular weight excluding hydrogens is 240 g/mol. The number of phenolic OH excluding ortho intramolecular Hbond substituents is 1. The summed E-state index contributed by atoms with van der Waals surface area (Å²) in [5.74, 6) is -0.384. The average Bonchev–Trinajstić information content (AvgIpc) is 2.39. The number of anilines is 1. The fourth-order valence-corrected chi connectivity index (χ4v) is 2.10. The summed E-state index contributed by atoms with van der Waals surface area (Å²) in [5.41, 5.74) is 6.08. The van der Waals surface area contributed by atoms with E-state index >= 15 is 0 Å². The Bertz CT molecular complexity index is 419. The van der Waals surface area contributed by atoms with Gasteiger partial charge in [-0.15, -0.1) is 0 Å². The number of nitrogens with one attached hydrogen (secondary N) is 1. The number of amides is 1. The lowest BCUT2D eigenvalue weighted by atomic mass is 10.0. The molecule has 1 atom stereocenters. The number of unbranched alkanes of at least 4 members (excludes halogenated alkanes) is 1. The lowest BCUT2D eigenvalue weighted by molar-refractivity contribution is 0.0929. The first-order chi connectivity index (χ1) is 9.10. The average molecular weight is 264 g/mol. The van der Waals surface area contributed by atoms with Gasteiger partial charge in [0.15, 0.2) is 5.75 Å². The maximum atomic E-state index is 12.1. The summed E-state index contributed by atoms with van der Waals surface area (Å²) in [5, 5.41) is 12.8. The van der Waals surface area contributed by atoms with E-state index in [0.717, 1.165) is 32.1 Å². The van der Waals surface area contributed by atoms with Crippen LogP contribution in [0.25, 0.3) is 0 Å². The van der Waals surface area contributed by atoms with E-state index in [0.29, 0.717) is 0 Å².